The Kier molecular flexibility index (Phi) is 5.76. The Balaban J connectivity index is 1.63. The maximum atomic E-state index is 10.9. The Morgan fingerprint density at radius 1 is 0.463 bits per heavy atom. The number of phenols is 3. The van der Waals surface area contributed by atoms with Gasteiger partial charge >= 0.3 is 0 Å². The fraction of sp³-hybridized carbons (Fsp3) is 0.0270. The summed E-state index contributed by atoms with van der Waals surface area (Å²) in [4.78, 5) is 0. The molecule has 0 saturated carbocycles. The molecule has 0 aliphatic carbocycles. The number of fused-ring (bicyclic) bond motifs is 3. The summed E-state index contributed by atoms with van der Waals surface area (Å²) in [7, 11) is 1.69. The molecular formula is C37H26O4. The van der Waals surface area contributed by atoms with E-state index in [4.69, 9.17) is 4.74 Å². The molecule has 7 rings (SSSR count). The van der Waals surface area contributed by atoms with E-state index in [2.05, 4.69) is 48.5 Å². The number of methoxy groups -OCH3 is 1. The first-order valence-corrected chi connectivity index (χ1v) is 13.4. The first kappa shape index (κ1) is 24.6. The second kappa shape index (κ2) is 9.61. The lowest BCUT2D eigenvalue weighted by molar-refractivity contribution is 0.416. The van der Waals surface area contributed by atoms with Crippen molar-refractivity contribution in [3.05, 3.63) is 121 Å². The fourth-order valence-electron chi connectivity index (χ4n) is 6.09. The molecule has 7 aromatic carbocycles. The summed E-state index contributed by atoms with van der Waals surface area (Å²) < 4.78 is 5.94. The van der Waals surface area contributed by atoms with Crippen LogP contribution in [-0.2, 0) is 0 Å². The van der Waals surface area contributed by atoms with Gasteiger partial charge in [-0.1, -0.05) is 97.1 Å². The molecule has 0 aliphatic heterocycles. The normalized spacial score (nSPS) is 11.3. The molecule has 0 unspecified atom stereocenters. The van der Waals surface area contributed by atoms with Gasteiger partial charge in [0.05, 0.1) is 12.7 Å². The molecule has 0 saturated heterocycles. The van der Waals surface area contributed by atoms with Crippen LogP contribution in [0.2, 0.25) is 0 Å². The van der Waals surface area contributed by atoms with Crippen LogP contribution in [0.1, 0.15) is 0 Å². The molecule has 4 nitrogen and oxygen atoms in total. The molecule has 198 valence electrons. The molecule has 0 atom stereocenters. The third-order valence-electron chi connectivity index (χ3n) is 7.82. The van der Waals surface area contributed by atoms with Crippen LogP contribution in [0.5, 0.6) is 23.0 Å². The summed E-state index contributed by atoms with van der Waals surface area (Å²) in [6.45, 7) is 0. The fourth-order valence-corrected chi connectivity index (χ4v) is 6.09. The topological polar surface area (TPSA) is 69.9 Å². The first-order valence-electron chi connectivity index (χ1n) is 13.4. The molecule has 41 heavy (non-hydrogen) atoms. The Labute approximate surface area is 237 Å². The highest BCUT2D eigenvalue weighted by Crippen LogP contribution is 2.51. The lowest BCUT2D eigenvalue weighted by atomic mass is 9.83. The highest BCUT2D eigenvalue weighted by molar-refractivity contribution is 6.23. The standard InChI is InChI=1S/C37H26O4/c1-41-33-16-8-15-30(34(33)24-18-17-22-9-2-3-10-23(22)19-24)35-26-11-4-6-13-28(26)36(29-14-7-5-12-27(29)35)37-31(39)20-25(38)21-32(37)40/h2-21,38-40H,1H3. The van der Waals surface area contributed by atoms with Gasteiger partial charge in [-0.25, -0.2) is 0 Å². The van der Waals surface area contributed by atoms with Gasteiger partial charge < -0.3 is 20.1 Å². The zero-order chi connectivity index (χ0) is 28.1. The SMILES string of the molecule is COc1cccc(-c2c3ccccc3c(-c3c(O)cc(O)cc3O)c3ccccc23)c1-c1ccc2ccccc2c1. The molecule has 3 N–H and O–H groups in total. The summed E-state index contributed by atoms with van der Waals surface area (Å²) in [6.07, 6.45) is 0. The smallest absolute Gasteiger partial charge is 0.130 e. The third-order valence-corrected chi connectivity index (χ3v) is 7.82. The molecule has 0 aromatic heterocycles. The van der Waals surface area contributed by atoms with Crippen molar-refractivity contribution < 1.29 is 20.1 Å². The third kappa shape index (κ3) is 3.92. The van der Waals surface area contributed by atoms with Crippen molar-refractivity contribution in [3.63, 3.8) is 0 Å². The maximum Gasteiger partial charge on any atom is 0.130 e. The minimum absolute atomic E-state index is 0.191. The van der Waals surface area contributed by atoms with Gasteiger partial charge in [-0.2, -0.15) is 0 Å². The van der Waals surface area contributed by atoms with Crippen LogP contribution < -0.4 is 4.74 Å². The molecule has 7 aromatic rings. The van der Waals surface area contributed by atoms with E-state index in [0.29, 0.717) is 5.56 Å². The second-order valence-corrected chi connectivity index (χ2v) is 10.1. The molecule has 0 aliphatic rings. The molecule has 0 bridgehead atoms. The van der Waals surface area contributed by atoms with Crippen molar-refractivity contribution >= 4 is 32.3 Å². The summed E-state index contributed by atoms with van der Waals surface area (Å²) in [5, 5.41) is 37.9. The molecule has 0 spiro atoms. The number of rotatable bonds is 4. The highest BCUT2D eigenvalue weighted by Gasteiger charge is 2.23. The Hall–Kier alpha value is -5.48. The van der Waals surface area contributed by atoms with Crippen LogP contribution >= 0.6 is 0 Å². The predicted molar refractivity (Wildman–Crippen MR) is 167 cm³/mol. The quantitative estimate of drug-likeness (QED) is 0.197. The van der Waals surface area contributed by atoms with E-state index < -0.39 is 0 Å². The van der Waals surface area contributed by atoms with E-state index in [0.717, 1.165) is 54.9 Å². The van der Waals surface area contributed by atoms with Crippen LogP contribution in [-0.4, -0.2) is 22.4 Å². The number of ether oxygens (including phenoxy) is 1. The summed E-state index contributed by atoms with van der Waals surface area (Å²) >= 11 is 0. The van der Waals surface area contributed by atoms with Gasteiger partial charge in [-0.05, 0) is 61.1 Å². The molecule has 0 fully saturated rings. The van der Waals surface area contributed by atoms with Gasteiger partial charge in [0.25, 0.3) is 0 Å². The van der Waals surface area contributed by atoms with Gasteiger partial charge in [-0.3, -0.25) is 0 Å². The zero-order valence-electron chi connectivity index (χ0n) is 22.3. The molecule has 0 radical (unpaired) electrons. The summed E-state index contributed by atoms with van der Waals surface area (Å²) in [6, 6.07) is 39.4. The summed E-state index contributed by atoms with van der Waals surface area (Å²) in [5.41, 5.74) is 5.05. The van der Waals surface area contributed by atoms with Crippen LogP contribution in [0.15, 0.2) is 121 Å². The maximum absolute atomic E-state index is 10.9. The Morgan fingerprint density at radius 3 is 1.63 bits per heavy atom. The number of aromatic hydroxyl groups is 3. The Morgan fingerprint density at radius 2 is 1.02 bits per heavy atom. The van der Waals surface area contributed by atoms with Crippen molar-refractivity contribution in [1.82, 2.24) is 0 Å². The molecule has 0 heterocycles. The van der Waals surface area contributed by atoms with Crippen molar-refractivity contribution in [3.8, 4) is 56.4 Å². The number of benzene rings is 7. The lowest BCUT2D eigenvalue weighted by Gasteiger charge is -2.21. The average molecular weight is 535 g/mol. The van der Waals surface area contributed by atoms with Crippen molar-refractivity contribution in [2.45, 2.75) is 0 Å². The molecule has 0 amide bonds. The minimum atomic E-state index is -0.203. The second-order valence-electron chi connectivity index (χ2n) is 10.1. The van der Waals surface area contributed by atoms with Crippen molar-refractivity contribution in [2.75, 3.05) is 7.11 Å². The molecular weight excluding hydrogens is 508 g/mol. The highest BCUT2D eigenvalue weighted by atomic mass is 16.5. The van der Waals surface area contributed by atoms with Gasteiger partial charge in [-0.15, -0.1) is 0 Å². The lowest BCUT2D eigenvalue weighted by Crippen LogP contribution is -1.95. The van der Waals surface area contributed by atoms with E-state index in [-0.39, 0.29) is 22.8 Å². The van der Waals surface area contributed by atoms with Crippen LogP contribution in [0, 0.1) is 0 Å². The average Bonchev–Trinajstić information content (AvgIpc) is 2.99. The van der Waals surface area contributed by atoms with Gasteiger partial charge in [0.15, 0.2) is 0 Å². The number of hydrogen-bond acceptors (Lipinski definition) is 4. The predicted octanol–water partition coefficient (Wildman–Crippen LogP) is 9.27. The number of hydrogen-bond donors (Lipinski definition) is 3. The van der Waals surface area contributed by atoms with E-state index in [1.165, 1.54) is 17.5 Å². The van der Waals surface area contributed by atoms with Gasteiger partial charge in [0.1, 0.15) is 23.0 Å². The van der Waals surface area contributed by atoms with Crippen LogP contribution in [0.4, 0.5) is 0 Å². The number of phenolic OH excluding ortho intramolecular Hbond substituents is 3. The van der Waals surface area contributed by atoms with Crippen molar-refractivity contribution in [2.24, 2.45) is 0 Å². The largest absolute Gasteiger partial charge is 0.508 e. The monoisotopic (exact) mass is 534 g/mol. The zero-order valence-corrected chi connectivity index (χ0v) is 22.3. The minimum Gasteiger partial charge on any atom is -0.508 e. The van der Waals surface area contributed by atoms with Crippen LogP contribution in [0.3, 0.4) is 0 Å². The van der Waals surface area contributed by atoms with Crippen molar-refractivity contribution in [1.29, 1.82) is 0 Å². The van der Waals surface area contributed by atoms with E-state index in [1.807, 2.05) is 60.7 Å². The van der Waals surface area contributed by atoms with Crippen LogP contribution in [0.25, 0.3) is 65.7 Å². The van der Waals surface area contributed by atoms with E-state index >= 15 is 0 Å². The molecule has 4 heteroatoms. The Bertz CT molecular complexity index is 2050. The first-order chi connectivity index (χ1) is 20.0. The van der Waals surface area contributed by atoms with Gasteiger partial charge in [0.2, 0.25) is 0 Å². The summed E-state index contributed by atoms with van der Waals surface area (Å²) in [5.74, 6) is 0.182. The van der Waals surface area contributed by atoms with E-state index in [9.17, 15) is 15.3 Å². The van der Waals surface area contributed by atoms with Gasteiger partial charge in [0, 0.05) is 23.3 Å². The van der Waals surface area contributed by atoms with E-state index in [1.54, 1.807) is 7.11 Å².